The molecule has 2 N–H and O–H groups in total. The van der Waals surface area contributed by atoms with Crippen LogP contribution in [0.15, 0.2) is 36.4 Å². The second kappa shape index (κ2) is 7.33. The molecular weight excluding hydrogens is 397 g/mol. The zero-order valence-corrected chi connectivity index (χ0v) is 16.1. The van der Waals surface area contributed by atoms with Crippen molar-refractivity contribution in [2.75, 3.05) is 10.6 Å². The number of aromatic nitrogens is 2. The largest absolute Gasteiger partial charge is 0.324 e. The minimum absolute atomic E-state index is 0.209. The van der Waals surface area contributed by atoms with Gasteiger partial charge in [0.1, 0.15) is 11.9 Å². The van der Waals surface area contributed by atoms with Crippen LogP contribution in [0.4, 0.5) is 24.7 Å². The van der Waals surface area contributed by atoms with Crippen molar-refractivity contribution in [1.82, 2.24) is 9.78 Å². The Hall–Kier alpha value is -3.62. The molecule has 1 aliphatic heterocycles. The topological polar surface area (TPSA) is 76.0 Å². The predicted molar refractivity (Wildman–Crippen MR) is 104 cm³/mol. The van der Waals surface area contributed by atoms with Gasteiger partial charge in [-0.3, -0.25) is 9.59 Å². The Kier molecular flexibility index (Phi) is 4.81. The fourth-order valence-electron chi connectivity index (χ4n) is 3.38. The summed E-state index contributed by atoms with van der Waals surface area (Å²) in [6.45, 7) is 3.73. The van der Waals surface area contributed by atoms with Crippen LogP contribution in [-0.4, -0.2) is 21.6 Å². The van der Waals surface area contributed by atoms with Gasteiger partial charge in [-0.15, -0.1) is 0 Å². The number of fused-ring (bicyclic) bond motifs is 1. The summed E-state index contributed by atoms with van der Waals surface area (Å²) in [4.78, 5) is 25.0. The Labute approximate surface area is 169 Å². The molecule has 0 bridgehead atoms. The van der Waals surface area contributed by atoms with Crippen LogP contribution in [0.1, 0.15) is 23.6 Å². The summed E-state index contributed by atoms with van der Waals surface area (Å²) in [6, 6.07) is 7.93. The van der Waals surface area contributed by atoms with Crippen molar-refractivity contribution in [3.8, 4) is 11.3 Å². The molecule has 2 aromatic carbocycles. The summed E-state index contributed by atoms with van der Waals surface area (Å²) in [5, 5.41) is 9.56. The van der Waals surface area contributed by atoms with Crippen LogP contribution in [0.5, 0.6) is 0 Å². The van der Waals surface area contributed by atoms with Gasteiger partial charge < -0.3 is 10.6 Å². The van der Waals surface area contributed by atoms with Gasteiger partial charge in [-0.2, -0.15) is 5.10 Å². The molecule has 30 heavy (non-hydrogen) atoms. The average molecular weight is 414 g/mol. The smallest absolute Gasteiger partial charge is 0.249 e. The lowest BCUT2D eigenvalue weighted by atomic mass is 10.1. The summed E-state index contributed by atoms with van der Waals surface area (Å²) in [6.07, 6.45) is -0.209. The molecule has 0 saturated carbocycles. The number of halogens is 3. The van der Waals surface area contributed by atoms with Gasteiger partial charge in [0, 0.05) is 28.9 Å². The monoisotopic (exact) mass is 414 g/mol. The molecule has 3 aromatic rings. The van der Waals surface area contributed by atoms with E-state index in [0.29, 0.717) is 29.2 Å². The Morgan fingerprint density at radius 2 is 1.77 bits per heavy atom. The molecule has 2 heterocycles. The lowest BCUT2D eigenvalue weighted by Gasteiger charge is -2.24. The van der Waals surface area contributed by atoms with E-state index in [1.807, 2.05) is 31.2 Å². The number of carbonyl (C=O) groups is 2. The molecule has 0 fully saturated rings. The molecular formula is C21H17F3N4O2. The summed E-state index contributed by atoms with van der Waals surface area (Å²) < 4.78 is 41.5. The SMILES string of the molecule is Cc1ccc(-c2nn3c(c2C)NC(=O)C[C@@H]3C(=O)Nc2cc(F)c(F)c(F)c2)cc1. The second-order valence-electron chi connectivity index (χ2n) is 7.14. The molecule has 0 saturated heterocycles. The van der Waals surface area contributed by atoms with Gasteiger partial charge in [0.15, 0.2) is 17.5 Å². The van der Waals surface area contributed by atoms with E-state index >= 15 is 0 Å². The van der Waals surface area contributed by atoms with E-state index in [1.54, 1.807) is 6.92 Å². The van der Waals surface area contributed by atoms with Crippen molar-refractivity contribution in [2.24, 2.45) is 0 Å². The van der Waals surface area contributed by atoms with Gasteiger partial charge in [-0.1, -0.05) is 29.8 Å². The maximum Gasteiger partial charge on any atom is 0.249 e. The van der Waals surface area contributed by atoms with E-state index in [4.69, 9.17) is 0 Å². The third-order valence-electron chi connectivity index (χ3n) is 4.96. The van der Waals surface area contributed by atoms with Crippen LogP contribution in [-0.2, 0) is 9.59 Å². The van der Waals surface area contributed by atoms with E-state index < -0.39 is 35.3 Å². The lowest BCUT2D eigenvalue weighted by Crippen LogP contribution is -2.36. The first-order chi connectivity index (χ1) is 14.2. The summed E-state index contributed by atoms with van der Waals surface area (Å²) in [5.41, 5.74) is 2.92. The van der Waals surface area contributed by atoms with Crippen molar-refractivity contribution in [1.29, 1.82) is 0 Å². The second-order valence-corrected chi connectivity index (χ2v) is 7.14. The quantitative estimate of drug-likeness (QED) is 0.634. The lowest BCUT2D eigenvalue weighted by molar-refractivity contribution is -0.125. The van der Waals surface area contributed by atoms with E-state index in [0.717, 1.165) is 11.1 Å². The van der Waals surface area contributed by atoms with E-state index in [9.17, 15) is 22.8 Å². The van der Waals surface area contributed by atoms with Gasteiger partial charge >= 0.3 is 0 Å². The van der Waals surface area contributed by atoms with E-state index in [2.05, 4.69) is 15.7 Å². The van der Waals surface area contributed by atoms with Crippen molar-refractivity contribution >= 4 is 23.3 Å². The van der Waals surface area contributed by atoms with Crippen LogP contribution >= 0.6 is 0 Å². The van der Waals surface area contributed by atoms with Gasteiger partial charge in [0.05, 0.1) is 12.1 Å². The van der Waals surface area contributed by atoms with Crippen LogP contribution in [0.3, 0.4) is 0 Å². The fourth-order valence-corrected chi connectivity index (χ4v) is 3.38. The molecule has 6 nitrogen and oxygen atoms in total. The molecule has 0 radical (unpaired) electrons. The number of amides is 2. The molecule has 1 aromatic heterocycles. The van der Waals surface area contributed by atoms with Crippen LogP contribution in [0, 0.1) is 31.3 Å². The number of hydrogen-bond donors (Lipinski definition) is 2. The molecule has 2 amide bonds. The highest BCUT2D eigenvalue weighted by molar-refractivity contribution is 6.02. The first kappa shape index (κ1) is 19.7. The number of rotatable bonds is 3. The number of benzene rings is 2. The molecule has 0 spiro atoms. The minimum Gasteiger partial charge on any atom is -0.324 e. The number of aryl methyl sites for hydroxylation is 1. The van der Waals surface area contributed by atoms with Crippen LogP contribution in [0.25, 0.3) is 11.3 Å². The minimum atomic E-state index is -1.63. The van der Waals surface area contributed by atoms with Gasteiger partial charge in [-0.05, 0) is 13.8 Å². The first-order valence-corrected chi connectivity index (χ1v) is 9.16. The standard InChI is InChI=1S/C21H17F3N4O2/c1-10-3-5-12(6-4-10)19-11(2)20-26-17(29)9-16(28(20)27-19)21(30)25-13-7-14(22)18(24)15(23)8-13/h3-8,16H,9H2,1-2H3,(H,25,30)(H,26,29)/t16-/m1/s1. The van der Waals surface area contributed by atoms with Crippen molar-refractivity contribution in [2.45, 2.75) is 26.3 Å². The van der Waals surface area contributed by atoms with Crippen LogP contribution < -0.4 is 10.6 Å². The third kappa shape index (κ3) is 3.42. The molecule has 154 valence electrons. The highest BCUT2D eigenvalue weighted by Crippen LogP contribution is 2.34. The number of nitrogens with one attached hydrogen (secondary N) is 2. The summed E-state index contributed by atoms with van der Waals surface area (Å²) in [7, 11) is 0. The predicted octanol–water partition coefficient (Wildman–Crippen LogP) is 4.11. The molecule has 9 heteroatoms. The molecule has 0 unspecified atom stereocenters. The highest BCUT2D eigenvalue weighted by Gasteiger charge is 2.34. The number of anilines is 2. The highest BCUT2D eigenvalue weighted by atomic mass is 19.2. The Morgan fingerprint density at radius 1 is 1.13 bits per heavy atom. The maximum atomic E-state index is 13.5. The molecule has 1 atom stereocenters. The Bertz CT molecular complexity index is 1150. The number of nitrogens with zero attached hydrogens (tertiary/aromatic N) is 2. The first-order valence-electron chi connectivity index (χ1n) is 9.16. The number of hydrogen-bond acceptors (Lipinski definition) is 3. The van der Waals surface area contributed by atoms with E-state index in [1.165, 1.54) is 4.68 Å². The van der Waals surface area contributed by atoms with Gasteiger partial charge in [0.25, 0.3) is 0 Å². The molecule has 4 rings (SSSR count). The van der Waals surface area contributed by atoms with Crippen molar-refractivity contribution in [3.05, 3.63) is 65.0 Å². The molecule has 0 aliphatic carbocycles. The van der Waals surface area contributed by atoms with Crippen LogP contribution in [0.2, 0.25) is 0 Å². The van der Waals surface area contributed by atoms with Crippen molar-refractivity contribution in [3.63, 3.8) is 0 Å². The Balaban J connectivity index is 1.69. The molecule has 1 aliphatic rings. The van der Waals surface area contributed by atoms with Gasteiger partial charge in [0.2, 0.25) is 11.8 Å². The zero-order valence-electron chi connectivity index (χ0n) is 16.1. The zero-order chi connectivity index (χ0) is 21.6. The van der Waals surface area contributed by atoms with Gasteiger partial charge in [-0.25, -0.2) is 17.9 Å². The van der Waals surface area contributed by atoms with Crippen molar-refractivity contribution < 1.29 is 22.8 Å². The fraction of sp³-hybridized carbons (Fsp3) is 0.190. The number of carbonyl (C=O) groups excluding carboxylic acids is 2. The Morgan fingerprint density at radius 3 is 2.40 bits per heavy atom. The van der Waals surface area contributed by atoms with E-state index in [-0.39, 0.29) is 12.1 Å². The summed E-state index contributed by atoms with van der Waals surface area (Å²) in [5.74, 6) is -5.20. The third-order valence-corrected chi connectivity index (χ3v) is 4.96. The maximum absolute atomic E-state index is 13.5. The normalized spacial score (nSPS) is 15.5. The summed E-state index contributed by atoms with van der Waals surface area (Å²) >= 11 is 0. The average Bonchev–Trinajstić information content (AvgIpc) is 3.02.